The lowest BCUT2D eigenvalue weighted by Crippen LogP contribution is -2.45. The van der Waals surface area contributed by atoms with Gasteiger partial charge in [-0.2, -0.15) is 0 Å². The van der Waals surface area contributed by atoms with E-state index in [1.807, 2.05) is 4.90 Å². The van der Waals surface area contributed by atoms with Gasteiger partial charge in [-0.25, -0.2) is 23.7 Å². The molecular weight excluding hydrogens is 442 g/mol. The number of H-pyrrole nitrogens is 1. The summed E-state index contributed by atoms with van der Waals surface area (Å²) in [6, 6.07) is 3.82. The maximum atomic E-state index is 13.6. The van der Waals surface area contributed by atoms with Gasteiger partial charge in [-0.15, -0.1) is 0 Å². The van der Waals surface area contributed by atoms with Crippen LogP contribution < -0.4 is 21.3 Å². The van der Waals surface area contributed by atoms with E-state index in [0.717, 1.165) is 36.4 Å². The quantitative estimate of drug-likeness (QED) is 0.398. The molecule has 0 spiro atoms. The highest BCUT2D eigenvalue weighted by molar-refractivity contribution is 5.93. The average Bonchev–Trinajstić information content (AvgIpc) is 3.25. The zero-order valence-corrected chi connectivity index (χ0v) is 19.1. The lowest BCUT2D eigenvalue weighted by Gasteiger charge is -2.39. The summed E-state index contributed by atoms with van der Waals surface area (Å²) in [6.07, 6.45) is 5.52. The first-order valence-corrected chi connectivity index (χ1v) is 11.1. The van der Waals surface area contributed by atoms with Gasteiger partial charge in [0.25, 0.3) is 11.8 Å². The number of carbonyl (C=O) groups is 1. The highest BCUT2D eigenvalue weighted by atomic mass is 19.3. The summed E-state index contributed by atoms with van der Waals surface area (Å²) >= 11 is 0. The fraction of sp³-hybridized carbons (Fsp3) is 0.391. The van der Waals surface area contributed by atoms with Crippen LogP contribution in [0.4, 0.5) is 20.4 Å². The molecule has 3 aromatic rings. The molecular formula is C23H28F2N8O. The number of aromatic nitrogens is 4. The van der Waals surface area contributed by atoms with Crippen LogP contribution in [-0.4, -0.2) is 50.4 Å². The van der Waals surface area contributed by atoms with Crippen LogP contribution in [0.3, 0.4) is 0 Å². The summed E-state index contributed by atoms with van der Waals surface area (Å²) in [7, 11) is 0. The van der Waals surface area contributed by atoms with Crippen molar-refractivity contribution in [3.8, 4) is 0 Å². The molecule has 0 radical (unpaired) electrons. The van der Waals surface area contributed by atoms with E-state index in [2.05, 4.69) is 37.1 Å². The minimum absolute atomic E-state index is 0.00340. The number of carbonyl (C=O) groups excluding carboxylic acids is 1. The van der Waals surface area contributed by atoms with Gasteiger partial charge < -0.3 is 26.3 Å². The standard InChI is InChI=1S/C23H28F2N8O/c1-13(23(3,24)25)30-22(34)17-7-5-15-4-6-16(8-9-26)33(21(15)32-17)14(2)31-20-10-18-19(11-27-20)29-12-28-18/h5,7,10-13,16H,2,4,6,8-9,26H2,1,3H3,(H,27,31)(H,28,29)(H,30,34)/t13-,16?/m1/s1. The highest BCUT2D eigenvalue weighted by Crippen LogP contribution is 2.33. The molecule has 0 aromatic carbocycles. The van der Waals surface area contributed by atoms with Gasteiger partial charge >= 0.3 is 0 Å². The van der Waals surface area contributed by atoms with Crippen molar-refractivity contribution < 1.29 is 13.6 Å². The number of hydrogen-bond donors (Lipinski definition) is 4. The predicted molar refractivity (Wildman–Crippen MR) is 127 cm³/mol. The zero-order valence-electron chi connectivity index (χ0n) is 19.1. The first-order valence-electron chi connectivity index (χ1n) is 11.1. The van der Waals surface area contributed by atoms with E-state index in [-0.39, 0.29) is 11.7 Å². The molecule has 5 N–H and O–H groups in total. The Hall–Kier alpha value is -3.60. The second-order valence-electron chi connectivity index (χ2n) is 8.53. The fourth-order valence-electron chi connectivity index (χ4n) is 3.95. The van der Waals surface area contributed by atoms with Gasteiger partial charge in [0.05, 0.1) is 29.6 Å². The number of aryl methyl sites for hydroxylation is 1. The molecule has 11 heteroatoms. The highest BCUT2D eigenvalue weighted by Gasteiger charge is 2.33. The number of rotatable bonds is 8. The monoisotopic (exact) mass is 470 g/mol. The second kappa shape index (κ2) is 9.34. The van der Waals surface area contributed by atoms with E-state index in [9.17, 15) is 13.6 Å². The summed E-state index contributed by atoms with van der Waals surface area (Å²) in [5, 5.41) is 5.54. The molecule has 0 saturated heterocycles. The van der Waals surface area contributed by atoms with E-state index in [1.54, 1.807) is 30.7 Å². The molecule has 34 heavy (non-hydrogen) atoms. The molecule has 0 fully saturated rings. The smallest absolute Gasteiger partial charge is 0.270 e. The van der Waals surface area contributed by atoms with Gasteiger partial charge in [-0.1, -0.05) is 12.6 Å². The fourth-order valence-corrected chi connectivity index (χ4v) is 3.95. The lowest BCUT2D eigenvalue weighted by molar-refractivity contribution is -0.0108. The Labute approximate surface area is 195 Å². The number of pyridine rings is 2. The number of aromatic amines is 1. The van der Waals surface area contributed by atoms with Crippen LogP contribution in [0.1, 0.15) is 42.7 Å². The van der Waals surface area contributed by atoms with Gasteiger partial charge in [-0.3, -0.25) is 4.79 Å². The van der Waals surface area contributed by atoms with Crippen molar-refractivity contribution >= 4 is 28.6 Å². The van der Waals surface area contributed by atoms with E-state index >= 15 is 0 Å². The molecule has 1 unspecified atom stereocenters. The van der Waals surface area contributed by atoms with Gasteiger partial charge in [-0.05, 0) is 44.4 Å². The van der Waals surface area contributed by atoms with Gasteiger partial charge in [0.2, 0.25) is 0 Å². The van der Waals surface area contributed by atoms with Crippen molar-refractivity contribution in [3.05, 3.63) is 54.4 Å². The number of imidazole rings is 1. The zero-order chi connectivity index (χ0) is 24.5. The number of nitrogens with two attached hydrogens (primary N) is 1. The van der Waals surface area contributed by atoms with Crippen molar-refractivity contribution in [3.63, 3.8) is 0 Å². The molecule has 1 aliphatic rings. The average molecular weight is 471 g/mol. The number of fused-ring (bicyclic) bond motifs is 2. The molecule has 0 saturated carbocycles. The molecule has 2 atom stereocenters. The Bertz CT molecular complexity index is 1210. The largest absolute Gasteiger partial charge is 0.343 e. The van der Waals surface area contributed by atoms with E-state index in [0.29, 0.717) is 30.4 Å². The number of halogens is 2. The van der Waals surface area contributed by atoms with Crippen LogP contribution >= 0.6 is 0 Å². The van der Waals surface area contributed by atoms with Crippen molar-refractivity contribution in [2.24, 2.45) is 5.73 Å². The first-order chi connectivity index (χ1) is 16.2. The van der Waals surface area contributed by atoms with Crippen LogP contribution in [0.25, 0.3) is 11.0 Å². The SMILES string of the molecule is C=C(Nc1cc2nc[nH]c2cn1)N1c2nc(C(=O)N[C@H](C)C(C)(F)F)ccc2CCC1CCN. The summed E-state index contributed by atoms with van der Waals surface area (Å²) in [4.78, 5) is 30.8. The minimum atomic E-state index is -3.05. The first kappa shape index (κ1) is 23.6. The number of anilines is 2. The molecule has 180 valence electrons. The number of nitrogens with one attached hydrogen (secondary N) is 3. The Morgan fingerprint density at radius 3 is 2.94 bits per heavy atom. The Morgan fingerprint density at radius 2 is 2.21 bits per heavy atom. The normalized spacial score (nSPS) is 16.7. The molecule has 1 aliphatic heterocycles. The molecule has 9 nitrogen and oxygen atoms in total. The number of hydrogen-bond acceptors (Lipinski definition) is 7. The van der Waals surface area contributed by atoms with Crippen LogP contribution in [0.2, 0.25) is 0 Å². The molecule has 4 rings (SSSR count). The van der Waals surface area contributed by atoms with Crippen molar-refractivity contribution in [1.82, 2.24) is 25.3 Å². The topological polar surface area (TPSA) is 125 Å². The van der Waals surface area contributed by atoms with Gasteiger partial charge in [0.1, 0.15) is 23.2 Å². The molecule has 0 aliphatic carbocycles. The van der Waals surface area contributed by atoms with Crippen LogP contribution in [0, 0.1) is 0 Å². The van der Waals surface area contributed by atoms with Crippen molar-refractivity contribution in [1.29, 1.82) is 0 Å². The third-order valence-corrected chi connectivity index (χ3v) is 6.01. The third-order valence-electron chi connectivity index (χ3n) is 6.01. The van der Waals surface area contributed by atoms with E-state index < -0.39 is 17.9 Å². The lowest BCUT2D eigenvalue weighted by atomic mass is 9.96. The Morgan fingerprint density at radius 1 is 1.41 bits per heavy atom. The molecule has 0 bridgehead atoms. The summed E-state index contributed by atoms with van der Waals surface area (Å²) in [5.41, 5.74) is 8.40. The number of alkyl halides is 2. The van der Waals surface area contributed by atoms with Crippen LogP contribution in [0.5, 0.6) is 0 Å². The maximum absolute atomic E-state index is 13.6. The van der Waals surface area contributed by atoms with Crippen LogP contribution in [0.15, 0.2) is 43.1 Å². The van der Waals surface area contributed by atoms with Gasteiger partial charge in [0.15, 0.2) is 0 Å². The Balaban J connectivity index is 1.63. The molecule has 4 heterocycles. The summed E-state index contributed by atoms with van der Waals surface area (Å²) in [6.45, 7) is 6.68. The second-order valence-corrected chi connectivity index (χ2v) is 8.53. The third kappa shape index (κ3) is 4.84. The minimum Gasteiger partial charge on any atom is -0.343 e. The van der Waals surface area contributed by atoms with Crippen molar-refractivity contribution in [2.45, 2.75) is 51.1 Å². The molecule has 3 aromatic heterocycles. The summed E-state index contributed by atoms with van der Waals surface area (Å²) in [5.74, 6) is -2.10. The maximum Gasteiger partial charge on any atom is 0.270 e. The van der Waals surface area contributed by atoms with Crippen LogP contribution in [-0.2, 0) is 6.42 Å². The molecule has 1 amide bonds. The van der Waals surface area contributed by atoms with Gasteiger partial charge in [0, 0.05) is 19.0 Å². The van der Waals surface area contributed by atoms with Crippen molar-refractivity contribution in [2.75, 3.05) is 16.8 Å². The van der Waals surface area contributed by atoms with E-state index in [1.165, 1.54) is 6.92 Å². The van der Waals surface area contributed by atoms with E-state index in [4.69, 9.17) is 5.73 Å². The number of nitrogens with zero attached hydrogens (tertiary/aromatic N) is 4. The number of amides is 1. The Kier molecular flexibility index (Phi) is 6.47. The summed E-state index contributed by atoms with van der Waals surface area (Å²) < 4.78 is 27.1. The predicted octanol–water partition coefficient (Wildman–Crippen LogP) is 3.18.